The van der Waals surface area contributed by atoms with Crippen molar-refractivity contribution in [2.24, 2.45) is 5.92 Å². The zero-order valence-corrected chi connectivity index (χ0v) is 19.9. The average molecular weight is 490 g/mol. The lowest BCUT2D eigenvalue weighted by Crippen LogP contribution is -2.43. The molecule has 4 rings (SSSR count). The molecular weight excluding hydrogens is 462 g/mol. The van der Waals surface area contributed by atoms with Crippen molar-refractivity contribution in [1.82, 2.24) is 9.21 Å². The number of anilines is 1. The molecule has 1 atom stereocenters. The molecule has 2 heterocycles. The van der Waals surface area contributed by atoms with Crippen LogP contribution in [0.4, 0.5) is 5.69 Å². The van der Waals surface area contributed by atoms with Crippen molar-refractivity contribution < 1.29 is 18.0 Å². The number of rotatable bonds is 6. The van der Waals surface area contributed by atoms with E-state index in [-0.39, 0.29) is 23.3 Å². The van der Waals surface area contributed by atoms with Gasteiger partial charge in [0.15, 0.2) is 0 Å². The number of nitrogens with one attached hydrogen (secondary N) is 1. The van der Waals surface area contributed by atoms with Crippen LogP contribution in [0, 0.1) is 5.92 Å². The molecule has 7 nitrogen and oxygen atoms in total. The van der Waals surface area contributed by atoms with Crippen LogP contribution >= 0.6 is 11.6 Å². The minimum Gasteiger partial charge on any atom is -0.342 e. The quantitative estimate of drug-likeness (QED) is 0.672. The molecule has 176 valence electrons. The molecular formula is C24H28ClN3O4S. The first-order valence-corrected chi connectivity index (χ1v) is 13.1. The molecule has 33 heavy (non-hydrogen) atoms. The van der Waals surface area contributed by atoms with Gasteiger partial charge in [-0.2, -0.15) is 4.31 Å². The topological polar surface area (TPSA) is 86.8 Å². The summed E-state index contributed by atoms with van der Waals surface area (Å²) in [6.07, 6.45) is 3.73. The number of carbonyl (C=O) groups is 2. The molecule has 2 fully saturated rings. The number of benzene rings is 2. The summed E-state index contributed by atoms with van der Waals surface area (Å²) in [5, 5.41) is 3.36. The molecule has 0 aromatic heterocycles. The van der Waals surface area contributed by atoms with Gasteiger partial charge in [0, 0.05) is 36.9 Å². The van der Waals surface area contributed by atoms with Crippen molar-refractivity contribution in [1.29, 1.82) is 0 Å². The highest BCUT2D eigenvalue weighted by Crippen LogP contribution is 2.26. The summed E-state index contributed by atoms with van der Waals surface area (Å²) in [6, 6.07) is 13.3. The minimum atomic E-state index is -3.68. The van der Waals surface area contributed by atoms with Crippen LogP contribution in [0.1, 0.15) is 31.2 Å². The Balaban J connectivity index is 1.35. The molecule has 0 radical (unpaired) electrons. The third kappa shape index (κ3) is 5.75. The van der Waals surface area contributed by atoms with Gasteiger partial charge in [0.25, 0.3) is 0 Å². The third-order valence-electron chi connectivity index (χ3n) is 6.24. The summed E-state index contributed by atoms with van der Waals surface area (Å²) in [7, 11) is -3.68. The van der Waals surface area contributed by atoms with Crippen LogP contribution in [0.2, 0.25) is 5.02 Å². The van der Waals surface area contributed by atoms with Crippen molar-refractivity contribution in [2.75, 3.05) is 31.5 Å². The zero-order valence-electron chi connectivity index (χ0n) is 18.4. The van der Waals surface area contributed by atoms with Gasteiger partial charge in [-0.15, -0.1) is 0 Å². The van der Waals surface area contributed by atoms with Gasteiger partial charge >= 0.3 is 0 Å². The van der Waals surface area contributed by atoms with Crippen LogP contribution in [0.3, 0.4) is 0 Å². The van der Waals surface area contributed by atoms with Crippen LogP contribution in [0.15, 0.2) is 53.4 Å². The summed E-state index contributed by atoms with van der Waals surface area (Å²) in [5.74, 6) is -0.502. The fraction of sp³-hybridized carbons (Fsp3) is 0.417. The van der Waals surface area contributed by atoms with Gasteiger partial charge < -0.3 is 10.2 Å². The molecule has 1 N–H and O–H groups in total. The second-order valence-electron chi connectivity index (χ2n) is 8.61. The van der Waals surface area contributed by atoms with E-state index in [1.54, 1.807) is 24.3 Å². The first-order valence-electron chi connectivity index (χ1n) is 11.3. The Bertz CT molecular complexity index is 1100. The lowest BCUT2D eigenvalue weighted by Gasteiger charge is -2.31. The predicted molar refractivity (Wildman–Crippen MR) is 128 cm³/mol. The monoisotopic (exact) mass is 489 g/mol. The van der Waals surface area contributed by atoms with Gasteiger partial charge in [-0.25, -0.2) is 8.42 Å². The van der Waals surface area contributed by atoms with Gasteiger partial charge in [0.2, 0.25) is 21.8 Å². The van der Waals surface area contributed by atoms with E-state index >= 15 is 0 Å². The molecule has 0 unspecified atom stereocenters. The lowest BCUT2D eigenvalue weighted by atomic mass is 9.98. The van der Waals surface area contributed by atoms with Crippen LogP contribution in [0.5, 0.6) is 0 Å². The van der Waals surface area contributed by atoms with Gasteiger partial charge in [-0.1, -0.05) is 23.7 Å². The van der Waals surface area contributed by atoms with E-state index in [0.717, 1.165) is 31.5 Å². The third-order valence-corrected chi connectivity index (χ3v) is 8.37. The van der Waals surface area contributed by atoms with Gasteiger partial charge in [0.05, 0.1) is 17.2 Å². The Morgan fingerprint density at radius 2 is 1.61 bits per heavy atom. The highest BCUT2D eigenvalue weighted by Gasteiger charge is 2.33. The van der Waals surface area contributed by atoms with E-state index in [1.807, 2.05) is 17.0 Å². The molecule has 2 aromatic carbocycles. The van der Waals surface area contributed by atoms with Crippen molar-refractivity contribution in [2.45, 2.75) is 37.0 Å². The van der Waals surface area contributed by atoms with Gasteiger partial charge in [0.1, 0.15) is 0 Å². The molecule has 2 saturated heterocycles. The standard InChI is InChI=1S/C24H28ClN3O4S/c25-20-7-11-22(12-8-20)33(31,32)28-15-3-4-19(17-28)24(30)26-21-9-5-18(6-10-21)16-23(29)27-13-1-2-14-27/h5-12,19H,1-4,13-17H2,(H,26,30)/t19-/m0/s1. The number of hydrogen-bond donors (Lipinski definition) is 1. The van der Waals surface area contributed by atoms with Crippen molar-refractivity contribution in [3.8, 4) is 0 Å². The molecule has 2 aliphatic heterocycles. The normalized spacial score (nSPS) is 19.4. The maximum Gasteiger partial charge on any atom is 0.243 e. The van der Waals surface area contributed by atoms with E-state index < -0.39 is 15.9 Å². The first-order chi connectivity index (χ1) is 15.8. The van der Waals surface area contributed by atoms with Crippen LogP contribution in [0.25, 0.3) is 0 Å². The van der Waals surface area contributed by atoms with Gasteiger partial charge in [-0.05, 0) is 67.6 Å². The van der Waals surface area contributed by atoms with Crippen molar-refractivity contribution in [3.05, 3.63) is 59.1 Å². The molecule has 0 saturated carbocycles. The number of sulfonamides is 1. The Labute approximate surface area is 199 Å². The highest BCUT2D eigenvalue weighted by atomic mass is 35.5. The molecule has 0 spiro atoms. The van der Waals surface area contributed by atoms with Crippen LogP contribution in [-0.4, -0.2) is 55.6 Å². The maximum absolute atomic E-state index is 13.0. The first kappa shape index (κ1) is 23.7. The van der Waals surface area contributed by atoms with E-state index in [9.17, 15) is 18.0 Å². The Morgan fingerprint density at radius 3 is 2.27 bits per heavy atom. The maximum atomic E-state index is 13.0. The number of hydrogen-bond acceptors (Lipinski definition) is 4. The van der Waals surface area contributed by atoms with Gasteiger partial charge in [-0.3, -0.25) is 9.59 Å². The van der Waals surface area contributed by atoms with Crippen molar-refractivity contribution in [3.63, 3.8) is 0 Å². The number of carbonyl (C=O) groups excluding carboxylic acids is 2. The Morgan fingerprint density at radius 1 is 0.939 bits per heavy atom. The highest BCUT2D eigenvalue weighted by molar-refractivity contribution is 7.89. The fourth-order valence-corrected chi connectivity index (χ4v) is 5.98. The van der Waals surface area contributed by atoms with Crippen LogP contribution in [-0.2, 0) is 26.0 Å². The predicted octanol–water partition coefficient (Wildman–Crippen LogP) is 3.54. The zero-order chi connectivity index (χ0) is 23.4. The Hall–Kier alpha value is -2.42. The Kier molecular flexibility index (Phi) is 7.36. The summed E-state index contributed by atoms with van der Waals surface area (Å²) in [6.45, 7) is 2.19. The number of likely N-dealkylation sites (tertiary alicyclic amines) is 1. The number of piperidine rings is 1. The fourth-order valence-electron chi connectivity index (χ4n) is 4.33. The number of halogens is 1. The summed E-state index contributed by atoms with van der Waals surface area (Å²) < 4.78 is 27.3. The second-order valence-corrected chi connectivity index (χ2v) is 11.0. The molecule has 9 heteroatoms. The molecule has 2 amide bonds. The summed E-state index contributed by atoms with van der Waals surface area (Å²) >= 11 is 5.87. The summed E-state index contributed by atoms with van der Waals surface area (Å²) in [4.78, 5) is 27.2. The number of nitrogens with zero attached hydrogens (tertiary/aromatic N) is 2. The van der Waals surface area contributed by atoms with E-state index in [4.69, 9.17) is 11.6 Å². The lowest BCUT2D eigenvalue weighted by molar-refractivity contribution is -0.129. The smallest absolute Gasteiger partial charge is 0.243 e. The number of amides is 2. The summed E-state index contributed by atoms with van der Waals surface area (Å²) in [5.41, 5.74) is 1.54. The minimum absolute atomic E-state index is 0.133. The van der Waals surface area contributed by atoms with E-state index in [2.05, 4.69) is 5.32 Å². The second kappa shape index (κ2) is 10.2. The van der Waals surface area contributed by atoms with E-state index in [0.29, 0.717) is 36.5 Å². The van der Waals surface area contributed by atoms with Crippen molar-refractivity contribution >= 4 is 39.1 Å². The molecule has 0 aliphatic carbocycles. The largest absolute Gasteiger partial charge is 0.342 e. The SMILES string of the molecule is O=C(Nc1ccc(CC(=O)N2CCCC2)cc1)[C@H]1CCCN(S(=O)(=O)c2ccc(Cl)cc2)C1. The molecule has 2 aliphatic rings. The van der Waals surface area contributed by atoms with E-state index in [1.165, 1.54) is 16.4 Å². The molecule has 0 bridgehead atoms. The molecule has 2 aromatic rings. The van der Waals surface area contributed by atoms with Crippen LogP contribution < -0.4 is 5.32 Å². The average Bonchev–Trinajstić information content (AvgIpc) is 3.36.